The quantitative estimate of drug-likeness (QED) is 0.784. The summed E-state index contributed by atoms with van der Waals surface area (Å²) in [5, 5.41) is 0. The second kappa shape index (κ2) is 4.92. The number of hydrogen-bond acceptors (Lipinski definition) is 3. The highest BCUT2D eigenvalue weighted by molar-refractivity contribution is 7.86. The summed E-state index contributed by atoms with van der Waals surface area (Å²) in [5.74, 6) is 0. The third kappa shape index (κ3) is 2.41. The van der Waals surface area contributed by atoms with E-state index in [9.17, 15) is 8.42 Å². The largest absolute Gasteiger partial charge is 0.296 e. The van der Waals surface area contributed by atoms with Crippen LogP contribution in [-0.4, -0.2) is 15.0 Å². The van der Waals surface area contributed by atoms with Crippen LogP contribution < -0.4 is 0 Å². The Hall–Kier alpha value is -1.65. The Morgan fingerprint density at radius 2 is 1.57 bits per heavy atom. The van der Waals surface area contributed by atoms with Crippen LogP contribution in [0.15, 0.2) is 59.5 Å². The molecule has 2 bridgehead atoms. The summed E-state index contributed by atoms with van der Waals surface area (Å²) in [5.41, 5.74) is 2.75. The molecule has 0 heterocycles. The summed E-state index contributed by atoms with van der Waals surface area (Å²) < 4.78 is 29.9. The molecule has 0 radical (unpaired) electrons. The average Bonchev–Trinajstić information content (AvgIpc) is 2.46. The van der Waals surface area contributed by atoms with Crippen molar-refractivity contribution in [1.82, 2.24) is 0 Å². The van der Waals surface area contributed by atoms with Gasteiger partial charge < -0.3 is 0 Å². The monoisotopic (exact) mass is 328 g/mol. The van der Waals surface area contributed by atoms with E-state index in [4.69, 9.17) is 4.18 Å². The van der Waals surface area contributed by atoms with Crippen molar-refractivity contribution in [3.05, 3.63) is 65.7 Å². The molecule has 2 aromatic carbocycles. The summed E-state index contributed by atoms with van der Waals surface area (Å²) >= 11 is 0. The predicted molar refractivity (Wildman–Crippen MR) is 88.7 cm³/mol. The van der Waals surface area contributed by atoms with Crippen molar-refractivity contribution in [2.24, 2.45) is 5.41 Å². The highest BCUT2D eigenvalue weighted by atomic mass is 32.2. The van der Waals surface area contributed by atoms with Gasteiger partial charge in [0.05, 0.1) is 11.5 Å². The van der Waals surface area contributed by atoms with Gasteiger partial charge in [-0.25, -0.2) is 0 Å². The second-order valence-corrected chi connectivity index (χ2v) is 8.82. The molecule has 3 aliphatic rings. The molecule has 5 rings (SSSR count). The van der Waals surface area contributed by atoms with E-state index in [1.54, 1.807) is 24.3 Å². The molecule has 2 aromatic rings. The standard InChI is InChI=1S/C19H20O3S/c1-15-7-9-17(10-8-15)23(20,21)22-14-18-11-19(12-18,13-18)16-5-3-2-4-6-16/h2-10H,11-14H2,1H3. The van der Waals surface area contributed by atoms with Gasteiger partial charge in [0.25, 0.3) is 10.1 Å². The fourth-order valence-corrected chi connectivity index (χ4v) is 5.24. The first-order chi connectivity index (χ1) is 10.9. The molecule has 0 aromatic heterocycles. The van der Waals surface area contributed by atoms with Gasteiger partial charge in [0.2, 0.25) is 0 Å². The van der Waals surface area contributed by atoms with Crippen LogP contribution in [-0.2, 0) is 19.7 Å². The Labute approximate surface area is 137 Å². The van der Waals surface area contributed by atoms with Gasteiger partial charge in [-0.1, -0.05) is 48.0 Å². The zero-order valence-corrected chi connectivity index (χ0v) is 14.0. The van der Waals surface area contributed by atoms with Crippen LogP contribution in [0.3, 0.4) is 0 Å². The molecule has 3 nitrogen and oxygen atoms in total. The smallest absolute Gasteiger partial charge is 0.266 e. The fourth-order valence-electron chi connectivity index (χ4n) is 4.22. The van der Waals surface area contributed by atoms with Crippen molar-refractivity contribution < 1.29 is 12.6 Å². The molecule has 0 N–H and O–H groups in total. The maximum absolute atomic E-state index is 12.3. The van der Waals surface area contributed by atoms with Gasteiger partial charge in [0.15, 0.2) is 0 Å². The molecule has 120 valence electrons. The topological polar surface area (TPSA) is 43.4 Å². The Kier molecular flexibility index (Phi) is 3.19. The lowest BCUT2D eigenvalue weighted by Crippen LogP contribution is -2.66. The molecule has 0 aliphatic heterocycles. The molecule has 3 fully saturated rings. The van der Waals surface area contributed by atoms with E-state index in [1.807, 2.05) is 13.0 Å². The molecular formula is C19H20O3S. The van der Waals surface area contributed by atoms with Crippen molar-refractivity contribution >= 4 is 10.1 Å². The van der Waals surface area contributed by atoms with Crippen LogP contribution >= 0.6 is 0 Å². The lowest BCUT2D eigenvalue weighted by atomic mass is 9.34. The first kappa shape index (κ1) is 14.9. The second-order valence-electron chi connectivity index (χ2n) is 7.21. The molecule has 0 spiro atoms. The van der Waals surface area contributed by atoms with Crippen LogP contribution in [0.2, 0.25) is 0 Å². The minimum Gasteiger partial charge on any atom is -0.266 e. The van der Waals surface area contributed by atoms with Gasteiger partial charge in [-0.3, -0.25) is 4.18 Å². The Morgan fingerprint density at radius 1 is 0.957 bits per heavy atom. The molecule has 4 heteroatoms. The SMILES string of the molecule is Cc1ccc(S(=O)(=O)OCC23CC(c4ccccc4)(C2)C3)cc1. The van der Waals surface area contributed by atoms with E-state index in [0.29, 0.717) is 6.61 Å². The van der Waals surface area contributed by atoms with Gasteiger partial charge in [-0.05, 0) is 54.7 Å². The normalized spacial score (nSPS) is 28.7. The first-order valence-corrected chi connectivity index (χ1v) is 9.36. The fraction of sp³-hybridized carbons (Fsp3) is 0.368. The molecular weight excluding hydrogens is 308 g/mol. The first-order valence-electron chi connectivity index (χ1n) is 7.95. The molecule has 0 amide bonds. The van der Waals surface area contributed by atoms with Crippen molar-refractivity contribution in [1.29, 1.82) is 0 Å². The lowest BCUT2D eigenvalue weighted by molar-refractivity contribution is -0.161. The third-order valence-corrected chi connectivity index (χ3v) is 6.63. The van der Waals surface area contributed by atoms with E-state index in [2.05, 4.69) is 24.3 Å². The van der Waals surface area contributed by atoms with E-state index < -0.39 is 10.1 Å². The number of aryl methyl sites for hydroxylation is 1. The number of rotatable bonds is 5. The van der Waals surface area contributed by atoms with Crippen molar-refractivity contribution in [3.8, 4) is 0 Å². The zero-order valence-electron chi connectivity index (χ0n) is 13.2. The van der Waals surface area contributed by atoms with E-state index in [1.165, 1.54) is 5.56 Å². The van der Waals surface area contributed by atoms with Crippen LogP contribution in [0.25, 0.3) is 0 Å². The van der Waals surface area contributed by atoms with Crippen LogP contribution in [0.4, 0.5) is 0 Å². The van der Waals surface area contributed by atoms with E-state index in [-0.39, 0.29) is 15.7 Å². The Balaban J connectivity index is 1.40. The Morgan fingerprint density at radius 3 is 2.17 bits per heavy atom. The van der Waals surface area contributed by atoms with Crippen molar-refractivity contribution in [2.75, 3.05) is 6.61 Å². The van der Waals surface area contributed by atoms with Crippen LogP contribution in [0, 0.1) is 12.3 Å². The summed E-state index contributed by atoms with van der Waals surface area (Å²) in [4.78, 5) is 0.243. The Bertz CT molecular complexity index is 803. The van der Waals surface area contributed by atoms with E-state index >= 15 is 0 Å². The minimum absolute atomic E-state index is 0.0631. The maximum atomic E-state index is 12.3. The van der Waals surface area contributed by atoms with Crippen molar-refractivity contribution in [3.63, 3.8) is 0 Å². The van der Waals surface area contributed by atoms with Crippen LogP contribution in [0.5, 0.6) is 0 Å². The molecule has 0 saturated heterocycles. The number of benzene rings is 2. The highest BCUT2D eigenvalue weighted by Crippen LogP contribution is 2.73. The molecule has 0 atom stereocenters. The summed E-state index contributed by atoms with van der Waals surface area (Å²) in [6.45, 7) is 2.24. The maximum Gasteiger partial charge on any atom is 0.296 e. The number of hydrogen-bond donors (Lipinski definition) is 0. The zero-order chi connectivity index (χ0) is 16.1. The molecule has 3 saturated carbocycles. The average molecular weight is 328 g/mol. The highest BCUT2D eigenvalue weighted by Gasteiger charge is 2.68. The summed E-state index contributed by atoms with van der Waals surface area (Å²) in [6, 6.07) is 17.3. The van der Waals surface area contributed by atoms with Gasteiger partial charge in [0, 0.05) is 0 Å². The summed E-state index contributed by atoms with van der Waals surface area (Å²) in [6.07, 6.45) is 3.11. The summed E-state index contributed by atoms with van der Waals surface area (Å²) in [7, 11) is -3.65. The van der Waals surface area contributed by atoms with E-state index in [0.717, 1.165) is 24.8 Å². The predicted octanol–water partition coefficient (Wildman–Crippen LogP) is 3.82. The minimum atomic E-state index is -3.65. The van der Waals surface area contributed by atoms with Gasteiger partial charge in [0.1, 0.15) is 0 Å². The van der Waals surface area contributed by atoms with Gasteiger partial charge in [-0.2, -0.15) is 8.42 Å². The molecule has 0 unspecified atom stereocenters. The van der Waals surface area contributed by atoms with Crippen molar-refractivity contribution in [2.45, 2.75) is 36.5 Å². The lowest BCUT2D eigenvalue weighted by Gasteiger charge is -2.71. The van der Waals surface area contributed by atoms with Gasteiger partial charge >= 0.3 is 0 Å². The third-order valence-electron chi connectivity index (χ3n) is 5.36. The molecule has 3 aliphatic carbocycles. The molecule has 23 heavy (non-hydrogen) atoms. The van der Waals surface area contributed by atoms with Gasteiger partial charge in [-0.15, -0.1) is 0 Å². The van der Waals surface area contributed by atoms with Crippen LogP contribution in [0.1, 0.15) is 30.4 Å².